The molecule has 3 heterocycles. The topological polar surface area (TPSA) is 114 Å². The number of hydrogen-bond donors (Lipinski definition) is 0. The normalized spacial score (nSPS) is 25.1. The van der Waals surface area contributed by atoms with Crippen LogP contribution in [0.3, 0.4) is 0 Å². The van der Waals surface area contributed by atoms with Gasteiger partial charge in [-0.2, -0.15) is 5.26 Å². The van der Waals surface area contributed by atoms with Crippen molar-refractivity contribution in [2.75, 3.05) is 24.5 Å². The summed E-state index contributed by atoms with van der Waals surface area (Å²) in [6.45, 7) is 6.50. The van der Waals surface area contributed by atoms with Gasteiger partial charge in [0.25, 0.3) is 0 Å². The molecule has 1 saturated carbocycles. The Labute approximate surface area is 235 Å². The van der Waals surface area contributed by atoms with Crippen molar-refractivity contribution in [3.63, 3.8) is 0 Å². The number of anilines is 1. The smallest absolute Gasteiger partial charge is 0.414 e. The molecule has 212 valence electrons. The molecule has 41 heavy (non-hydrogen) atoms. The van der Waals surface area contributed by atoms with E-state index < -0.39 is 40.9 Å². The molecule has 3 fully saturated rings. The fraction of sp³-hybridized carbons (Fsp3) is 0.414. The maximum atomic E-state index is 15.5. The Balaban J connectivity index is 1.16. The highest BCUT2D eigenvalue weighted by Crippen LogP contribution is 2.63. The molecular weight excluding hydrogens is 534 g/mol. The highest BCUT2D eigenvalue weighted by molar-refractivity contribution is 5.90. The number of nitrogens with zero attached hydrogens (tertiary/aromatic N) is 6. The molecule has 0 spiro atoms. The number of benzene rings is 2. The number of likely N-dealkylation sites (tertiary alicyclic amines) is 1. The maximum absolute atomic E-state index is 15.5. The van der Waals surface area contributed by atoms with Crippen molar-refractivity contribution in [1.82, 2.24) is 19.9 Å². The molecule has 2 saturated heterocycles. The third-order valence-corrected chi connectivity index (χ3v) is 7.94. The molecule has 1 aromatic heterocycles. The Morgan fingerprint density at radius 3 is 2.51 bits per heavy atom. The van der Waals surface area contributed by atoms with Gasteiger partial charge in [-0.1, -0.05) is 17.3 Å². The first-order valence-electron chi connectivity index (χ1n) is 13.3. The zero-order valence-corrected chi connectivity index (χ0v) is 22.8. The van der Waals surface area contributed by atoms with Gasteiger partial charge in [0.2, 0.25) is 0 Å². The predicted molar refractivity (Wildman–Crippen MR) is 142 cm³/mol. The largest absolute Gasteiger partial charge is 0.444 e. The molecule has 2 aliphatic heterocycles. The molecule has 0 N–H and O–H groups in total. The quantitative estimate of drug-likeness (QED) is 0.450. The Kier molecular flexibility index (Phi) is 6.21. The Morgan fingerprint density at radius 1 is 1.15 bits per heavy atom. The van der Waals surface area contributed by atoms with Crippen molar-refractivity contribution >= 4 is 17.9 Å². The van der Waals surface area contributed by atoms with Gasteiger partial charge in [-0.15, -0.1) is 5.10 Å². The summed E-state index contributed by atoms with van der Waals surface area (Å²) >= 11 is 0. The molecule has 3 aromatic rings. The summed E-state index contributed by atoms with van der Waals surface area (Å²) in [5, 5.41) is 17.7. The lowest BCUT2D eigenvalue weighted by atomic mass is 9.89. The number of fused-ring (bicyclic) bond motifs is 1. The molecular formula is C29H28F2N6O4. The molecule has 10 nitrogen and oxygen atoms in total. The van der Waals surface area contributed by atoms with Crippen molar-refractivity contribution in [3.8, 4) is 17.2 Å². The van der Waals surface area contributed by atoms with Crippen molar-refractivity contribution in [2.24, 2.45) is 11.8 Å². The predicted octanol–water partition coefficient (Wildman–Crippen LogP) is 4.51. The van der Waals surface area contributed by atoms with Gasteiger partial charge in [-0.05, 0) is 50.6 Å². The fourth-order valence-corrected chi connectivity index (χ4v) is 6.02. The van der Waals surface area contributed by atoms with Gasteiger partial charge in [0.05, 0.1) is 36.5 Å². The second kappa shape index (κ2) is 9.54. The third kappa shape index (κ3) is 4.65. The van der Waals surface area contributed by atoms with E-state index in [1.54, 1.807) is 48.7 Å². The third-order valence-electron chi connectivity index (χ3n) is 7.94. The Hall–Kier alpha value is -4.53. The lowest BCUT2D eigenvalue weighted by molar-refractivity contribution is 0.0265. The maximum Gasteiger partial charge on any atom is 0.414 e. The van der Waals surface area contributed by atoms with Crippen LogP contribution in [0.4, 0.5) is 24.1 Å². The van der Waals surface area contributed by atoms with E-state index in [2.05, 4.69) is 16.4 Å². The van der Waals surface area contributed by atoms with Gasteiger partial charge in [0.1, 0.15) is 23.3 Å². The second-order valence-corrected chi connectivity index (χ2v) is 11.7. The SMILES string of the molecule is CC(C)(C)OC(=O)N1C[C@@H]2[C@H](C1)C2(C#N)c1ccc(-c2ccc(N3C[C@H](Cn4ccnn4)OC3=O)cc2F)cc1F. The zero-order chi connectivity index (χ0) is 29.1. The van der Waals surface area contributed by atoms with Crippen LogP contribution in [0, 0.1) is 34.8 Å². The van der Waals surface area contributed by atoms with E-state index in [9.17, 15) is 14.9 Å². The molecule has 6 rings (SSSR count). The average Bonchev–Trinajstić information content (AvgIpc) is 3.42. The first-order chi connectivity index (χ1) is 19.5. The van der Waals surface area contributed by atoms with Gasteiger partial charge in [-0.3, -0.25) is 4.90 Å². The van der Waals surface area contributed by atoms with Crippen molar-refractivity contribution < 1.29 is 27.8 Å². The zero-order valence-electron chi connectivity index (χ0n) is 22.8. The van der Waals surface area contributed by atoms with Crippen LogP contribution in [0.25, 0.3) is 11.1 Å². The van der Waals surface area contributed by atoms with Gasteiger partial charge >= 0.3 is 12.2 Å². The number of hydrogen-bond acceptors (Lipinski definition) is 7. The highest BCUT2D eigenvalue weighted by Gasteiger charge is 2.71. The van der Waals surface area contributed by atoms with Crippen molar-refractivity contribution in [2.45, 2.75) is 44.4 Å². The van der Waals surface area contributed by atoms with Crippen LogP contribution in [0.5, 0.6) is 0 Å². The number of amides is 2. The number of aromatic nitrogens is 3. The fourth-order valence-electron chi connectivity index (χ4n) is 6.02. The average molecular weight is 563 g/mol. The molecule has 2 aromatic carbocycles. The summed E-state index contributed by atoms with van der Waals surface area (Å²) in [6, 6.07) is 10.9. The minimum absolute atomic E-state index is 0.157. The van der Waals surface area contributed by atoms with Crippen molar-refractivity contribution in [1.29, 1.82) is 5.26 Å². The molecule has 0 radical (unpaired) electrons. The van der Waals surface area contributed by atoms with Crippen LogP contribution >= 0.6 is 0 Å². The van der Waals surface area contributed by atoms with Gasteiger partial charge < -0.3 is 14.4 Å². The molecule has 3 aliphatic rings. The van der Waals surface area contributed by atoms with Crippen LogP contribution in [0.15, 0.2) is 48.8 Å². The first-order valence-corrected chi connectivity index (χ1v) is 13.3. The lowest BCUT2D eigenvalue weighted by Gasteiger charge is -2.27. The molecule has 0 bridgehead atoms. The van der Waals surface area contributed by atoms with E-state index in [1.165, 1.54) is 35.4 Å². The standard InChI is InChI=1S/C29H28F2N6O4/c1-28(2,3)41-26(38)35-14-22-23(15-35)29(22,16-32)21-7-4-17(10-25(21)31)20-6-5-18(11-24(20)30)37-13-19(40-27(37)39)12-36-9-8-33-34-36/h4-11,19,22-23H,12-15H2,1-3H3/t19-,22-,23+,29?/m0/s1. The highest BCUT2D eigenvalue weighted by atomic mass is 19.1. The summed E-state index contributed by atoms with van der Waals surface area (Å²) in [5.74, 6) is -1.65. The number of piperidine rings is 1. The molecule has 4 atom stereocenters. The summed E-state index contributed by atoms with van der Waals surface area (Å²) in [7, 11) is 0. The summed E-state index contributed by atoms with van der Waals surface area (Å²) < 4.78 is 43.1. The minimum Gasteiger partial charge on any atom is -0.444 e. The summed E-state index contributed by atoms with van der Waals surface area (Å²) in [6.07, 6.45) is 1.66. The van der Waals surface area contributed by atoms with Crippen LogP contribution in [-0.2, 0) is 21.4 Å². The summed E-state index contributed by atoms with van der Waals surface area (Å²) in [4.78, 5) is 27.8. The Bertz CT molecular complexity index is 1550. The van der Waals surface area contributed by atoms with Gasteiger partial charge in [-0.25, -0.2) is 23.1 Å². The molecule has 1 unspecified atom stereocenters. The number of rotatable bonds is 5. The van der Waals surface area contributed by atoms with Crippen LogP contribution in [0.2, 0.25) is 0 Å². The van der Waals surface area contributed by atoms with E-state index in [-0.39, 0.29) is 29.5 Å². The van der Waals surface area contributed by atoms with E-state index in [1.807, 2.05) is 0 Å². The van der Waals surface area contributed by atoms with Crippen molar-refractivity contribution in [3.05, 3.63) is 66.0 Å². The second-order valence-electron chi connectivity index (χ2n) is 11.7. The Morgan fingerprint density at radius 2 is 1.90 bits per heavy atom. The first kappa shape index (κ1) is 26.7. The number of carbonyl (C=O) groups is 2. The van der Waals surface area contributed by atoms with E-state index in [4.69, 9.17) is 9.47 Å². The number of ether oxygens (including phenoxy) is 2. The molecule has 12 heteroatoms. The van der Waals surface area contributed by atoms with Crippen LogP contribution < -0.4 is 4.90 Å². The number of carbonyl (C=O) groups excluding carboxylic acids is 2. The van der Waals surface area contributed by atoms with Gasteiger partial charge in [0.15, 0.2) is 0 Å². The number of nitriles is 1. The van der Waals surface area contributed by atoms with E-state index >= 15 is 8.78 Å². The van der Waals surface area contributed by atoms with E-state index in [0.29, 0.717) is 30.9 Å². The summed E-state index contributed by atoms with van der Waals surface area (Å²) in [5.41, 5.74) is -0.648. The molecule has 2 amide bonds. The minimum atomic E-state index is -1.04. The lowest BCUT2D eigenvalue weighted by Crippen LogP contribution is -2.39. The van der Waals surface area contributed by atoms with E-state index in [0.717, 1.165) is 0 Å². The number of halogens is 2. The molecule has 1 aliphatic carbocycles. The van der Waals surface area contributed by atoms with Gasteiger partial charge in [0, 0.05) is 42.2 Å². The van der Waals surface area contributed by atoms with Crippen LogP contribution in [-0.4, -0.2) is 63.4 Å². The number of cyclic esters (lactones) is 1. The monoisotopic (exact) mass is 562 g/mol. The van der Waals surface area contributed by atoms with Crippen LogP contribution in [0.1, 0.15) is 26.3 Å².